The molecule has 2 heterocycles. The molecule has 0 aromatic heterocycles. The summed E-state index contributed by atoms with van der Waals surface area (Å²) >= 11 is 0. The van der Waals surface area contributed by atoms with Crippen LogP contribution in [0.3, 0.4) is 0 Å². The van der Waals surface area contributed by atoms with Gasteiger partial charge in [-0.1, -0.05) is 12.1 Å². The molecule has 1 aromatic carbocycles. The number of rotatable bonds is 9. The van der Waals surface area contributed by atoms with Crippen molar-refractivity contribution in [2.75, 3.05) is 65.4 Å². The van der Waals surface area contributed by atoms with E-state index < -0.39 is 17.3 Å². The van der Waals surface area contributed by atoms with Crippen LogP contribution in [0.1, 0.15) is 62.3 Å². The SMILES string of the molecule is CC(C)(C)OC(=O)N(CCNCCN1C(=O)c2ccccc2C1=O)CCN1CCN(C(=O)OC(C)(C)C)CC1. The first-order valence-electron chi connectivity index (χ1n) is 13.6. The molecule has 0 spiro atoms. The molecule has 1 fully saturated rings. The molecule has 0 saturated carbocycles. The summed E-state index contributed by atoms with van der Waals surface area (Å²) in [6.45, 7) is 16.3. The molecule has 216 valence electrons. The fourth-order valence-corrected chi connectivity index (χ4v) is 4.34. The standard InChI is InChI=1S/C28H43N5O6/c1-27(2,3)38-25(36)31(18-15-30-16-19-32(20-17-30)26(37)39-28(4,5)6)13-11-29-12-14-33-23(34)21-9-7-8-10-22(21)24(33)35/h7-10,29H,11-20H2,1-6H3. The summed E-state index contributed by atoms with van der Waals surface area (Å²) in [5.41, 5.74) is -0.274. The van der Waals surface area contributed by atoms with E-state index in [1.54, 1.807) is 34.1 Å². The second-order valence-corrected chi connectivity index (χ2v) is 11.8. The highest BCUT2D eigenvalue weighted by atomic mass is 16.6. The van der Waals surface area contributed by atoms with E-state index >= 15 is 0 Å². The van der Waals surface area contributed by atoms with Crippen molar-refractivity contribution in [2.45, 2.75) is 52.7 Å². The minimum Gasteiger partial charge on any atom is -0.444 e. The van der Waals surface area contributed by atoms with Crippen molar-refractivity contribution in [1.29, 1.82) is 0 Å². The molecule has 0 aliphatic carbocycles. The summed E-state index contributed by atoms with van der Waals surface area (Å²) in [6.07, 6.45) is -0.693. The number of carbonyl (C=O) groups excluding carboxylic acids is 4. The van der Waals surface area contributed by atoms with E-state index in [0.29, 0.717) is 70.0 Å². The molecule has 4 amide bonds. The zero-order valence-electron chi connectivity index (χ0n) is 24.1. The number of amides is 4. The molecule has 0 radical (unpaired) electrons. The second-order valence-electron chi connectivity index (χ2n) is 11.8. The van der Waals surface area contributed by atoms with Gasteiger partial charge in [0.05, 0.1) is 11.1 Å². The van der Waals surface area contributed by atoms with Gasteiger partial charge in [-0.25, -0.2) is 9.59 Å². The van der Waals surface area contributed by atoms with Crippen molar-refractivity contribution in [1.82, 2.24) is 24.9 Å². The van der Waals surface area contributed by atoms with E-state index in [2.05, 4.69) is 10.2 Å². The van der Waals surface area contributed by atoms with E-state index in [9.17, 15) is 19.2 Å². The first-order valence-corrected chi connectivity index (χ1v) is 13.6. The topological polar surface area (TPSA) is 112 Å². The molecule has 11 heteroatoms. The molecule has 0 atom stereocenters. The Bertz CT molecular complexity index is 1000. The van der Waals surface area contributed by atoms with Gasteiger partial charge in [-0.2, -0.15) is 0 Å². The third-order valence-corrected chi connectivity index (χ3v) is 6.31. The van der Waals surface area contributed by atoms with Crippen molar-refractivity contribution < 1.29 is 28.7 Å². The third-order valence-electron chi connectivity index (χ3n) is 6.31. The van der Waals surface area contributed by atoms with Crippen LogP contribution in [-0.4, -0.2) is 120 Å². The highest BCUT2D eigenvalue weighted by Gasteiger charge is 2.34. The van der Waals surface area contributed by atoms with Crippen molar-refractivity contribution >= 4 is 24.0 Å². The predicted octanol–water partition coefficient (Wildman–Crippen LogP) is 2.66. The summed E-state index contributed by atoms with van der Waals surface area (Å²) in [5.74, 6) is -0.556. The van der Waals surface area contributed by atoms with Crippen molar-refractivity contribution in [3.63, 3.8) is 0 Å². The lowest BCUT2D eigenvalue weighted by Crippen LogP contribution is -2.52. The molecule has 3 rings (SSSR count). The average Bonchev–Trinajstić information content (AvgIpc) is 3.08. The number of fused-ring (bicyclic) bond motifs is 1. The number of piperazine rings is 1. The summed E-state index contributed by atoms with van der Waals surface area (Å²) < 4.78 is 11.1. The van der Waals surface area contributed by atoms with Gasteiger partial charge < -0.3 is 24.6 Å². The molecule has 39 heavy (non-hydrogen) atoms. The fourth-order valence-electron chi connectivity index (χ4n) is 4.34. The van der Waals surface area contributed by atoms with Crippen LogP contribution in [0.4, 0.5) is 9.59 Å². The first kappa shape index (κ1) is 30.4. The van der Waals surface area contributed by atoms with Crippen molar-refractivity contribution in [3.8, 4) is 0 Å². The first-order chi connectivity index (χ1) is 18.2. The van der Waals surface area contributed by atoms with Gasteiger partial charge >= 0.3 is 12.2 Å². The van der Waals surface area contributed by atoms with E-state index in [1.165, 1.54) is 4.90 Å². The molecule has 1 aromatic rings. The maximum absolute atomic E-state index is 12.9. The summed E-state index contributed by atoms with van der Waals surface area (Å²) in [7, 11) is 0. The Hall–Kier alpha value is -3.18. The van der Waals surface area contributed by atoms with Gasteiger partial charge in [-0.3, -0.25) is 19.4 Å². The number of imide groups is 1. The number of carbonyl (C=O) groups is 4. The van der Waals surface area contributed by atoms with Crippen molar-refractivity contribution in [2.24, 2.45) is 0 Å². The van der Waals surface area contributed by atoms with Gasteiger partial charge in [0.15, 0.2) is 0 Å². The minimum absolute atomic E-state index is 0.251. The molecule has 1 saturated heterocycles. The monoisotopic (exact) mass is 545 g/mol. The zero-order valence-corrected chi connectivity index (χ0v) is 24.1. The highest BCUT2D eigenvalue weighted by Crippen LogP contribution is 2.21. The van der Waals surface area contributed by atoms with Crippen LogP contribution in [-0.2, 0) is 9.47 Å². The maximum atomic E-state index is 12.9. The second kappa shape index (κ2) is 12.8. The molecule has 11 nitrogen and oxygen atoms in total. The number of nitrogens with one attached hydrogen (secondary N) is 1. The normalized spacial score (nSPS) is 16.4. The van der Waals surface area contributed by atoms with Gasteiger partial charge in [0.1, 0.15) is 11.2 Å². The maximum Gasteiger partial charge on any atom is 0.410 e. The van der Waals surface area contributed by atoms with Crippen LogP contribution < -0.4 is 5.32 Å². The summed E-state index contributed by atoms with van der Waals surface area (Å²) in [5, 5.41) is 3.24. The molecular formula is C28H43N5O6. The van der Waals surface area contributed by atoms with Gasteiger partial charge in [0.2, 0.25) is 0 Å². The van der Waals surface area contributed by atoms with E-state index in [4.69, 9.17) is 9.47 Å². The number of hydrogen-bond donors (Lipinski definition) is 1. The lowest BCUT2D eigenvalue weighted by Gasteiger charge is -2.36. The van der Waals surface area contributed by atoms with Crippen LogP contribution >= 0.6 is 0 Å². The Morgan fingerprint density at radius 2 is 1.38 bits per heavy atom. The van der Waals surface area contributed by atoms with Crippen LogP contribution in [0.15, 0.2) is 24.3 Å². The number of ether oxygens (including phenoxy) is 2. The van der Waals surface area contributed by atoms with Crippen molar-refractivity contribution in [3.05, 3.63) is 35.4 Å². The molecule has 2 aliphatic rings. The number of nitrogens with zero attached hydrogens (tertiary/aromatic N) is 4. The Labute approximate surface area is 231 Å². The largest absolute Gasteiger partial charge is 0.444 e. The minimum atomic E-state index is -0.618. The van der Waals surface area contributed by atoms with Gasteiger partial charge in [-0.05, 0) is 53.7 Å². The third kappa shape index (κ3) is 8.93. The number of benzene rings is 1. The lowest BCUT2D eigenvalue weighted by molar-refractivity contribution is 0.0118. The Balaban J connectivity index is 1.44. The summed E-state index contributed by atoms with van der Waals surface area (Å²) in [4.78, 5) is 57.1. The molecule has 1 N–H and O–H groups in total. The predicted molar refractivity (Wildman–Crippen MR) is 147 cm³/mol. The van der Waals surface area contributed by atoms with E-state index in [1.807, 2.05) is 41.5 Å². The fraction of sp³-hybridized carbons (Fsp3) is 0.643. The Morgan fingerprint density at radius 3 is 1.92 bits per heavy atom. The van der Waals surface area contributed by atoms with Gasteiger partial charge in [0, 0.05) is 65.4 Å². The zero-order chi connectivity index (χ0) is 28.8. The van der Waals surface area contributed by atoms with E-state index in [0.717, 1.165) is 0 Å². The van der Waals surface area contributed by atoms with Gasteiger partial charge in [-0.15, -0.1) is 0 Å². The van der Waals surface area contributed by atoms with Gasteiger partial charge in [0.25, 0.3) is 11.8 Å². The van der Waals surface area contributed by atoms with Crippen LogP contribution in [0, 0.1) is 0 Å². The van der Waals surface area contributed by atoms with Crippen LogP contribution in [0.25, 0.3) is 0 Å². The molecule has 2 aliphatic heterocycles. The highest BCUT2D eigenvalue weighted by molar-refractivity contribution is 6.21. The van der Waals surface area contributed by atoms with E-state index in [-0.39, 0.29) is 24.5 Å². The smallest absolute Gasteiger partial charge is 0.410 e. The molecular weight excluding hydrogens is 502 g/mol. The average molecular weight is 546 g/mol. The summed E-state index contributed by atoms with van der Waals surface area (Å²) in [6, 6.07) is 6.83. The Kier molecular flexibility index (Phi) is 9.95. The van der Waals surface area contributed by atoms with Crippen LogP contribution in [0.2, 0.25) is 0 Å². The van der Waals surface area contributed by atoms with Crippen LogP contribution in [0.5, 0.6) is 0 Å². The molecule has 0 unspecified atom stereocenters. The number of hydrogen-bond acceptors (Lipinski definition) is 8. The molecule has 0 bridgehead atoms. The Morgan fingerprint density at radius 1 is 0.821 bits per heavy atom. The lowest BCUT2D eigenvalue weighted by atomic mass is 10.1. The quantitative estimate of drug-likeness (QED) is 0.372.